The van der Waals surface area contributed by atoms with E-state index in [1.54, 1.807) is 22.9 Å². The number of β-amino-alcohol motifs (C(OH)–C–C–N with tert-alkyl or cyclic N) is 1. The average molecular weight is 455 g/mol. The molecule has 0 saturated carbocycles. The fraction of sp³-hybridized carbons (Fsp3) is 0.450. The predicted octanol–water partition coefficient (Wildman–Crippen LogP) is 1.62. The number of halogens is 3. The van der Waals surface area contributed by atoms with E-state index < -0.39 is 23.6 Å². The van der Waals surface area contributed by atoms with Crippen molar-refractivity contribution in [2.75, 3.05) is 43.4 Å². The lowest BCUT2D eigenvalue weighted by Crippen LogP contribution is -2.48. The van der Waals surface area contributed by atoms with Crippen LogP contribution in [0, 0.1) is 17.6 Å². The van der Waals surface area contributed by atoms with Gasteiger partial charge in [0.1, 0.15) is 12.1 Å². The van der Waals surface area contributed by atoms with Crippen molar-refractivity contribution in [1.82, 2.24) is 14.9 Å². The number of benzene rings is 1. The number of aromatic nitrogens is 2. The number of hydrogen-bond donors (Lipinski definition) is 3. The molecule has 8 nitrogen and oxygen atoms in total. The first kappa shape index (κ1) is 23.1. The summed E-state index contributed by atoms with van der Waals surface area (Å²) in [6, 6.07) is 4.40. The van der Waals surface area contributed by atoms with Gasteiger partial charge in [0.05, 0.1) is 17.7 Å². The number of amides is 1. The quantitative estimate of drug-likeness (QED) is 0.556. The fourth-order valence-corrected chi connectivity index (χ4v) is 3.73. The van der Waals surface area contributed by atoms with Gasteiger partial charge in [-0.3, -0.25) is 9.69 Å². The van der Waals surface area contributed by atoms with E-state index in [1.165, 1.54) is 18.5 Å². The highest BCUT2D eigenvalue weighted by Crippen LogP contribution is 2.24. The number of carbonyl (C=O) groups is 1. The summed E-state index contributed by atoms with van der Waals surface area (Å²) in [5.41, 5.74) is 5.81. The largest absolute Gasteiger partial charge is 0.391 e. The van der Waals surface area contributed by atoms with Crippen LogP contribution in [0.2, 0.25) is 5.02 Å². The van der Waals surface area contributed by atoms with Gasteiger partial charge in [0, 0.05) is 32.6 Å². The van der Waals surface area contributed by atoms with Crippen molar-refractivity contribution in [3.05, 3.63) is 46.7 Å². The molecule has 0 bridgehead atoms. The maximum Gasteiger partial charge on any atom is 0.231 e. The summed E-state index contributed by atoms with van der Waals surface area (Å²) in [6.45, 7) is 1.58. The van der Waals surface area contributed by atoms with Gasteiger partial charge in [-0.05, 0) is 30.7 Å². The van der Waals surface area contributed by atoms with Gasteiger partial charge in [0.15, 0.2) is 11.6 Å². The molecule has 1 fully saturated rings. The van der Waals surface area contributed by atoms with Crippen LogP contribution in [-0.4, -0.2) is 65.2 Å². The molecule has 2 unspecified atom stereocenters. The molecule has 168 valence electrons. The Bertz CT molecular complexity index is 935. The number of nitrogens with two attached hydrogens (primary N) is 1. The van der Waals surface area contributed by atoms with Crippen LogP contribution in [0.25, 0.3) is 0 Å². The van der Waals surface area contributed by atoms with Gasteiger partial charge in [-0.15, -0.1) is 0 Å². The van der Waals surface area contributed by atoms with Crippen LogP contribution in [0.3, 0.4) is 0 Å². The van der Waals surface area contributed by atoms with E-state index in [2.05, 4.69) is 15.3 Å². The molecule has 0 spiro atoms. The lowest BCUT2D eigenvalue weighted by Gasteiger charge is -2.35. The molecule has 1 amide bonds. The van der Waals surface area contributed by atoms with Gasteiger partial charge in [0.2, 0.25) is 11.7 Å². The third-order valence-electron chi connectivity index (χ3n) is 5.25. The highest BCUT2D eigenvalue weighted by Gasteiger charge is 2.28. The molecule has 0 radical (unpaired) electrons. The van der Waals surface area contributed by atoms with Gasteiger partial charge in [-0.2, -0.15) is 4.39 Å². The Labute approximate surface area is 184 Å². The molecule has 11 heteroatoms. The molecule has 1 aromatic carbocycles. The Hall–Kier alpha value is -2.56. The summed E-state index contributed by atoms with van der Waals surface area (Å²) in [4.78, 5) is 22.3. The SMILES string of the molecule is CN(Cc1ccc(Cl)c(F)c1)c1ncnc(NCC2CCN(CC(N)=O)CC2O)c1F. The number of carbonyl (C=O) groups excluding carboxylic acids is 1. The molecule has 1 saturated heterocycles. The normalized spacial score (nSPS) is 19.3. The summed E-state index contributed by atoms with van der Waals surface area (Å²) in [5.74, 6) is -1.67. The Morgan fingerprint density at radius 3 is 2.87 bits per heavy atom. The van der Waals surface area contributed by atoms with E-state index in [0.29, 0.717) is 31.6 Å². The van der Waals surface area contributed by atoms with Gasteiger partial charge in [0.25, 0.3) is 0 Å². The maximum atomic E-state index is 15.0. The van der Waals surface area contributed by atoms with Crippen molar-refractivity contribution in [2.24, 2.45) is 11.7 Å². The lowest BCUT2D eigenvalue weighted by molar-refractivity contribution is -0.120. The second-order valence-corrected chi connectivity index (χ2v) is 8.07. The first-order chi connectivity index (χ1) is 14.7. The average Bonchev–Trinajstić information content (AvgIpc) is 2.70. The Balaban J connectivity index is 1.61. The van der Waals surface area contributed by atoms with Gasteiger partial charge < -0.3 is 21.1 Å². The Morgan fingerprint density at radius 1 is 1.42 bits per heavy atom. The Morgan fingerprint density at radius 2 is 2.19 bits per heavy atom. The highest BCUT2D eigenvalue weighted by atomic mass is 35.5. The minimum absolute atomic E-state index is 0.0194. The molecule has 3 rings (SSSR count). The van der Waals surface area contributed by atoms with Crippen molar-refractivity contribution in [2.45, 2.75) is 19.1 Å². The molecule has 1 aromatic heterocycles. The van der Waals surface area contributed by atoms with Crippen molar-refractivity contribution in [3.63, 3.8) is 0 Å². The number of aliphatic hydroxyl groups is 1. The topological polar surface area (TPSA) is 108 Å². The second-order valence-electron chi connectivity index (χ2n) is 7.66. The number of aliphatic hydroxyl groups excluding tert-OH is 1. The maximum absolute atomic E-state index is 15.0. The molecule has 1 aliphatic rings. The number of likely N-dealkylation sites (tertiary alicyclic amines) is 1. The van der Waals surface area contributed by atoms with Crippen molar-refractivity contribution in [1.29, 1.82) is 0 Å². The smallest absolute Gasteiger partial charge is 0.231 e. The summed E-state index contributed by atoms with van der Waals surface area (Å²) >= 11 is 5.70. The van der Waals surface area contributed by atoms with Crippen molar-refractivity contribution in [3.8, 4) is 0 Å². The first-order valence-electron chi connectivity index (χ1n) is 9.82. The van der Waals surface area contributed by atoms with Crippen LogP contribution in [0.1, 0.15) is 12.0 Å². The summed E-state index contributed by atoms with van der Waals surface area (Å²) in [6.07, 6.45) is 1.20. The van der Waals surface area contributed by atoms with Crippen LogP contribution in [0.15, 0.2) is 24.5 Å². The predicted molar refractivity (Wildman–Crippen MR) is 114 cm³/mol. The number of nitrogens with one attached hydrogen (secondary N) is 1. The van der Waals surface area contributed by atoms with E-state index in [0.717, 1.165) is 0 Å². The number of rotatable bonds is 8. The molecule has 1 aliphatic heterocycles. The standard InChI is InChI=1S/C20H25ClF2N6O2/c1-28(8-12-2-3-14(21)15(22)6-12)20-18(23)19(26-11-27-20)25-7-13-4-5-29(9-16(13)30)10-17(24)31/h2-3,6,11,13,16,30H,4-5,7-10H2,1H3,(H2,24,31)(H,25,26,27). The summed E-state index contributed by atoms with van der Waals surface area (Å²) in [7, 11) is 1.64. The van der Waals surface area contributed by atoms with Crippen LogP contribution >= 0.6 is 11.6 Å². The summed E-state index contributed by atoms with van der Waals surface area (Å²) < 4.78 is 28.6. The van der Waals surface area contributed by atoms with Crippen LogP contribution in [0.4, 0.5) is 20.4 Å². The van der Waals surface area contributed by atoms with Crippen molar-refractivity contribution >= 4 is 29.1 Å². The van der Waals surface area contributed by atoms with Crippen LogP contribution in [0.5, 0.6) is 0 Å². The van der Waals surface area contributed by atoms with E-state index in [1.807, 2.05) is 0 Å². The van der Waals surface area contributed by atoms with Crippen LogP contribution < -0.4 is 16.0 Å². The molecule has 31 heavy (non-hydrogen) atoms. The number of nitrogens with zero attached hydrogens (tertiary/aromatic N) is 4. The molecule has 4 N–H and O–H groups in total. The second kappa shape index (κ2) is 10.2. The van der Waals surface area contributed by atoms with Crippen LogP contribution in [-0.2, 0) is 11.3 Å². The molecule has 2 aromatic rings. The first-order valence-corrected chi connectivity index (χ1v) is 10.2. The minimum atomic E-state index is -0.674. The monoisotopic (exact) mass is 454 g/mol. The third-order valence-corrected chi connectivity index (χ3v) is 5.56. The van der Waals surface area contributed by atoms with E-state index in [4.69, 9.17) is 17.3 Å². The zero-order chi connectivity index (χ0) is 22.5. The number of primary amides is 1. The van der Waals surface area contributed by atoms with Gasteiger partial charge in [-0.25, -0.2) is 14.4 Å². The zero-order valence-electron chi connectivity index (χ0n) is 17.1. The lowest BCUT2D eigenvalue weighted by atomic mass is 9.94. The van der Waals surface area contributed by atoms with E-state index in [-0.39, 0.29) is 35.7 Å². The minimum Gasteiger partial charge on any atom is -0.391 e. The molecule has 0 aliphatic carbocycles. The third kappa shape index (κ3) is 5.99. The van der Waals surface area contributed by atoms with E-state index in [9.17, 15) is 18.7 Å². The fourth-order valence-electron chi connectivity index (χ4n) is 3.61. The number of hydrogen-bond acceptors (Lipinski definition) is 7. The van der Waals surface area contributed by atoms with E-state index >= 15 is 0 Å². The number of piperidine rings is 1. The number of anilines is 2. The van der Waals surface area contributed by atoms with Crippen molar-refractivity contribution < 1.29 is 18.7 Å². The van der Waals surface area contributed by atoms with Gasteiger partial charge in [-0.1, -0.05) is 17.7 Å². The molecule has 2 atom stereocenters. The Kier molecular flexibility index (Phi) is 7.58. The molecular formula is C20H25ClF2N6O2. The zero-order valence-corrected chi connectivity index (χ0v) is 17.8. The van der Waals surface area contributed by atoms with Gasteiger partial charge >= 0.3 is 0 Å². The molecule has 2 heterocycles. The summed E-state index contributed by atoms with van der Waals surface area (Å²) in [5, 5.41) is 13.3. The highest BCUT2D eigenvalue weighted by molar-refractivity contribution is 6.30. The molecular weight excluding hydrogens is 430 g/mol.